The minimum atomic E-state index is 0.166. The van der Waals surface area contributed by atoms with E-state index in [-0.39, 0.29) is 12.1 Å². The molecule has 0 aromatic carbocycles. The zero-order valence-electron chi connectivity index (χ0n) is 11.1. The smallest absolute Gasteiger partial charge is 0.0750 e. The molecule has 2 unspecified atom stereocenters. The molecule has 3 N–H and O–H groups in total. The Morgan fingerprint density at radius 1 is 1.47 bits per heavy atom. The molecule has 4 heteroatoms. The number of ether oxygens (including phenoxy) is 1. The van der Waals surface area contributed by atoms with Crippen molar-refractivity contribution in [3.05, 3.63) is 24.0 Å². The van der Waals surface area contributed by atoms with Crippen LogP contribution in [-0.4, -0.2) is 31.3 Å². The second-order valence-corrected chi connectivity index (χ2v) is 4.62. The molecule has 0 aliphatic heterocycles. The van der Waals surface area contributed by atoms with Gasteiger partial charge in [-0.25, -0.2) is 0 Å². The van der Waals surface area contributed by atoms with Crippen LogP contribution in [0.25, 0.3) is 0 Å². The summed E-state index contributed by atoms with van der Waals surface area (Å²) in [7, 11) is 3.70. The summed E-state index contributed by atoms with van der Waals surface area (Å²) >= 11 is 0. The van der Waals surface area contributed by atoms with Crippen LogP contribution >= 0.6 is 0 Å². The Balaban J connectivity index is 2.79. The van der Waals surface area contributed by atoms with Gasteiger partial charge < -0.3 is 15.8 Å². The van der Waals surface area contributed by atoms with Crippen molar-refractivity contribution in [2.24, 2.45) is 5.92 Å². The predicted molar refractivity (Wildman–Crippen MR) is 70.8 cm³/mol. The summed E-state index contributed by atoms with van der Waals surface area (Å²) < 4.78 is 5.55. The lowest BCUT2D eigenvalue weighted by Crippen LogP contribution is -2.43. The SMILES string of the molecule is CNC(Cc1cnccc1N)C(OC)C(C)C. The number of rotatable bonds is 6. The molecule has 0 aliphatic rings. The summed E-state index contributed by atoms with van der Waals surface area (Å²) in [5, 5.41) is 3.30. The van der Waals surface area contributed by atoms with Crippen LogP contribution in [0.3, 0.4) is 0 Å². The molecule has 0 bridgehead atoms. The number of aromatic nitrogens is 1. The second-order valence-electron chi connectivity index (χ2n) is 4.62. The Hall–Kier alpha value is -1.13. The predicted octanol–water partition coefficient (Wildman–Crippen LogP) is 1.47. The molecule has 0 aliphatic carbocycles. The van der Waals surface area contributed by atoms with Gasteiger partial charge in [0.25, 0.3) is 0 Å². The van der Waals surface area contributed by atoms with E-state index in [1.807, 2.05) is 19.3 Å². The number of nitrogen functional groups attached to an aromatic ring is 1. The normalized spacial score (nSPS) is 14.9. The van der Waals surface area contributed by atoms with Crippen molar-refractivity contribution in [2.45, 2.75) is 32.4 Å². The van der Waals surface area contributed by atoms with Gasteiger partial charge in [-0.1, -0.05) is 13.8 Å². The van der Waals surface area contributed by atoms with Crippen LogP contribution in [-0.2, 0) is 11.2 Å². The molecule has 0 amide bonds. The first-order chi connectivity index (χ1) is 8.10. The van der Waals surface area contributed by atoms with Gasteiger partial charge in [0.2, 0.25) is 0 Å². The van der Waals surface area contributed by atoms with Gasteiger partial charge in [-0.15, -0.1) is 0 Å². The van der Waals surface area contributed by atoms with Gasteiger partial charge in [0.15, 0.2) is 0 Å². The largest absolute Gasteiger partial charge is 0.398 e. The van der Waals surface area contributed by atoms with E-state index >= 15 is 0 Å². The molecule has 0 fully saturated rings. The Labute approximate surface area is 104 Å². The number of methoxy groups -OCH3 is 1. The molecule has 96 valence electrons. The van der Waals surface area contributed by atoms with Gasteiger partial charge in [-0.05, 0) is 31.0 Å². The lowest BCUT2D eigenvalue weighted by Gasteiger charge is -2.29. The van der Waals surface area contributed by atoms with E-state index in [4.69, 9.17) is 10.5 Å². The fraction of sp³-hybridized carbons (Fsp3) is 0.615. The van der Waals surface area contributed by atoms with E-state index in [0.717, 1.165) is 17.7 Å². The summed E-state index contributed by atoms with van der Waals surface area (Å²) in [5.74, 6) is 0.454. The van der Waals surface area contributed by atoms with Crippen LogP contribution in [0.15, 0.2) is 18.5 Å². The number of nitrogens with one attached hydrogen (secondary N) is 1. The first-order valence-corrected chi connectivity index (χ1v) is 5.98. The number of hydrogen-bond acceptors (Lipinski definition) is 4. The summed E-state index contributed by atoms with van der Waals surface area (Å²) in [6, 6.07) is 2.07. The van der Waals surface area contributed by atoms with Crippen molar-refractivity contribution in [1.29, 1.82) is 0 Å². The minimum absolute atomic E-state index is 0.166. The summed E-state index contributed by atoms with van der Waals surface area (Å²) in [4.78, 5) is 4.11. The van der Waals surface area contributed by atoms with E-state index < -0.39 is 0 Å². The number of pyridine rings is 1. The highest BCUT2D eigenvalue weighted by Gasteiger charge is 2.23. The maximum Gasteiger partial charge on any atom is 0.0750 e. The molecule has 0 saturated carbocycles. The third kappa shape index (κ3) is 3.68. The van der Waals surface area contributed by atoms with Crippen LogP contribution in [0.2, 0.25) is 0 Å². The zero-order valence-corrected chi connectivity index (χ0v) is 11.1. The third-order valence-electron chi connectivity index (χ3n) is 3.08. The van der Waals surface area contributed by atoms with Crippen molar-refractivity contribution in [3.8, 4) is 0 Å². The lowest BCUT2D eigenvalue weighted by molar-refractivity contribution is 0.0354. The molecule has 1 rings (SSSR count). The van der Waals surface area contributed by atoms with Crippen LogP contribution in [0.5, 0.6) is 0 Å². The molecule has 0 saturated heterocycles. The number of hydrogen-bond donors (Lipinski definition) is 2. The summed E-state index contributed by atoms with van der Waals surface area (Å²) in [5.41, 5.74) is 7.79. The molecule has 0 spiro atoms. The first kappa shape index (κ1) is 13.9. The van der Waals surface area contributed by atoms with E-state index in [2.05, 4.69) is 24.1 Å². The first-order valence-electron chi connectivity index (χ1n) is 5.98. The van der Waals surface area contributed by atoms with Gasteiger partial charge in [0.1, 0.15) is 0 Å². The Morgan fingerprint density at radius 2 is 2.18 bits per heavy atom. The Kier molecular flexibility index (Phi) is 5.38. The monoisotopic (exact) mass is 237 g/mol. The average molecular weight is 237 g/mol. The Bertz CT molecular complexity index is 341. The molecular formula is C13H23N3O. The highest BCUT2D eigenvalue weighted by atomic mass is 16.5. The highest BCUT2D eigenvalue weighted by molar-refractivity contribution is 5.44. The van der Waals surface area contributed by atoms with E-state index in [9.17, 15) is 0 Å². The third-order valence-corrected chi connectivity index (χ3v) is 3.08. The van der Waals surface area contributed by atoms with Crippen LogP contribution < -0.4 is 11.1 Å². The molecule has 17 heavy (non-hydrogen) atoms. The van der Waals surface area contributed by atoms with Crippen molar-refractivity contribution in [2.75, 3.05) is 19.9 Å². The maximum atomic E-state index is 5.93. The van der Waals surface area contributed by atoms with E-state index in [0.29, 0.717) is 5.92 Å². The Morgan fingerprint density at radius 3 is 2.65 bits per heavy atom. The molecule has 4 nitrogen and oxygen atoms in total. The topological polar surface area (TPSA) is 60.2 Å². The number of likely N-dealkylation sites (N-methyl/N-ethyl adjacent to an activating group) is 1. The number of nitrogens with two attached hydrogens (primary N) is 1. The summed E-state index contributed by atoms with van der Waals surface area (Å²) in [6.07, 6.45) is 4.53. The van der Waals surface area contributed by atoms with Crippen LogP contribution in [0.4, 0.5) is 5.69 Å². The zero-order chi connectivity index (χ0) is 12.8. The fourth-order valence-corrected chi connectivity index (χ4v) is 2.13. The highest BCUT2D eigenvalue weighted by Crippen LogP contribution is 2.17. The van der Waals surface area contributed by atoms with Gasteiger partial charge >= 0.3 is 0 Å². The van der Waals surface area contributed by atoms with Gasteiger partial charge in [0.05, 0.1) is 6.10 Å². The van der Waals surface area contributed by atoms with E-state index in [1.165, 1.54) is 0 Å². The standard InChI is InChI=1S/C13H23N3O/c1-9(2)13(17-4)12(15-3)7-10-8-16-6-5-11(10)14/h5-6,8-9,12-13,15H,7H2,1-4H3,(H2,14,16). The van der Waals surface area contributed by atoms with Gasteiger partial charge in [0, 0.05) is 31.2 Å². The minimum Gasteiger partial charge on any atom is -0.398 e. The maximum absolute atomic E-state index is 5.93. The lowest BCUT2D eigenvalue weighted by atomic mass is 9.94. The van der Waals surface area contributed by atoms with Gasteiger partial charge in [-0.3, -0.25) is 4.98 Å². The molecule has 1 aromatic heterocycles. The average Bonchev–Trinajstić information content (AvgIpc) is 2.30. The molecular weight excluding hydrogens is 214 g/mol. The van der Waals surface area contributed by atoms with Crippen LogP contribution in [0, 0.1) is 5.92 Å². The fourth-order valence-electron chi connectivity index (χ4n) is 2.13. The second kappa shape index (κ2) is 6.57. The van der Waals surface area contributed by atoms with E-state index in [1.54, 1.807) is 13.3 Å². The molecule has 1 heterocycles. The molecule has 0 radical (unpaired) electrons. The molecule has 2 atom stereocenters. The summed E-state index contributed by atoms with van der Waals surface area (Å²) in [6.45, 7) is 4.32. The van der Waals surface area contributed by atoms with Crippen molar-refractivity contribution < 1.29 is 4.74 Å². The van der Waals surface area contributed by atoms with Crippen molar-refractivity contribution in [3.63, 3.8) is 0 Å². The number of anilines is 1. The molecule has 1 aromatic rings. The van der Waals surface area contributed by atoms with Crippen LogP contribution in [0.1, 0.15) is 19.4 Å². The van der Waals surface area contributed by atoms with Crippen molar-refractivity contribution in [1.82, 2.24) is 10.3 Å². The van der Waals surface area contributed by atoms with Gasteiger partial charge in [-0.2, -0.15) is 0 Å². The quantitative estimate of drug-likeness (QED) is 0.786. The number of nitrogens with zero attached hydrogens (tertiary/aromatic N) is 1. The van der Waals surface area contributed by atoms with Crippen molar-refractivity contribution >= 4 is 5.69 Å².